The van der Waals surface area contributed by atoms with Gasteiger partial charge in [0.2, 0.25) is 5.91 Å². The molecule has 2 amide bonds. The highest BCUT2D eigenvalue weighted by Crippen LogP contribution is 2.24. The Kier molecular flexibility index (Phi) is 4.88. The fraction of sp³-hybridized carbons (Fsp3) is 0.333. The normalized spacial score (nSPS) is 13.5. The van der Waals surface area contributed by atoms with E-state index in [0.29, 0.717) is 12.1 Å². The summed E-state index contributed by atoms with van der Waals surface area (Å²) in [5.41, 5.74) is 4.76. The molecule has 0 bridgehead atoms. The van der Waals surface area contributed by atoms with E-state index < -0.39 is 0 Å². The number of carbonyl (C=O) groups is 2. The summed E-state index contributed by atoms with van der Waals surface area (Å²) in [4.78, 5) is 26.6. The van der Waals surface area contributed by atoms with E-state index >= 15 is 0 Å². The molecule has 1 N–H and O–H groups in total. The largest absolute Gasteiger partial charge is 0.338 e. The van der Waals surface area contributed by atoms with Gasteiger partial charge in [-0.3, -0.25) is 9.59 Å². The van der Waals surface area contributed by atoms with Crippen LogP contribution >= 0.6 is 0 Å². The number of amides is 2. The van der Waals surface area contributed by atoms with Gasteiger partial charge in [0.25, 0.3) is 5.91 Å². The SMILES string of the molecule is Cc1ccccc1C(=O)Nc1ccc2c(c1)CN(C(=O)C(C)C)CC2. The standard InChI is InChI=1S/C21H24N2O2/c1-14(2)21(25)23-11-10-16-8-9-18(12-17(16)13-23)22-20(24)19-7-5-4-6-15(19)3/h4-9,12,14H,10-11,13H2,1-3H3,(H,22,24). The van der Waals surface area contributed by atoms with Crippen molar-refractivity contribution in [2.24, 2.45) is 5.92 Å². The van der Waals surface area contributed by atoms with Gasteiger partial charge < -0.3 is 10.2 Å². The molecule has 0 aliphatic carbocycles. The van der Waals surface area contributed by atoms with Crippen LogP contribution in [-0.2, 0) is 17.8 Å². The van der Waals surface area contributed by atoms with Crippen molar-refractivity contribution in [2.75, 3.05) is 11.9 Å². The van der Waals surface area contributed by atoms with E-state index in [1.807, 2.05) is 62.1 Å². The van der Waals surface area contributed by atoms with Gasteiger partial charge in [-0.2, -0.15) is 0 Å². The summed E-state index contributed by atoms with van der Waals surface area (Å²) in [5, 5.41) is 2.97. The van der Waals surface area contributed by atoms with Gasteiger partial charge in [0.15, 0.2) is 0 Å². The molecule has 0 unspecified atom stereocenters. The average Bonchev–Trinajstić information content (AvgIpc) is 2.60. The van der Waals surface area contributed by atoms with Crippen LogP contribution in [0.4, 0.5) is 5.69 Å². The molecule has 1 heterocycles. The highest BCUT2D eigenvalue weighted by atomic mass is 16.2. The number of carbonyl (C=O) groups excluding carboxylic acids is 2. The summed E-state index contributed by atoms with van der Waals surface area (Å²) >= 11 is 0. The zero-order chi connectivity index (χ0) is 18.0. The van der Waals surface area contributed by atoms with E-state index in [2.05, 4.69) is 11.4 Å². The van der Waals surface area contributed by atoms with Crippen molar-refractivity contribution < 1.29 is 9.59 Å². The summed E-state index contributed by atoms with van der Waals surface area (Å²) in [6, 6.07) is 13.5. The van der Waals surface area contributed by atoms with E-state index in [1.165, 1.54) is 5.56 Å². The van der Waals surface area contributed by atoms with Crippen LogP contribution in [0, 0.1) is 12.8 Å². The number of hydrogen-bond donors (Lipinski definition) is 1. The van der Waals surface area contributed by atoms with Gasteiger partial charge in [-0.25, -0.2) is 0 Å². The smallest absolute Gasteiger partial charge is 0.255 e. The molecule has 2 aromatic rings. The molecule has 0 aromatic heterocycles. The molecule has 4 nitrogen and oxygen atoms in total. The van der Waals surface area contributed by atoms with Crippen LogP contribution in [0.3, 0.4) is 0 Å². The third kappa shape index (κ3) is 3.73. The van der Waals surface area contributed by atoms with Crippen molar-refractivity contribution in [3.8, 4) is 0 Å². The maximum Gasteiger partial charge on any atom is 0.255 e. The number of hydrogen-bond acceptors (Lipinski definition) is 2. The van der Waals surface area contributed by atoms with Gasteiger partial charge in [-0.15, -0.1) is 0 Å². The Labute approximate surface area is 148 Å². The molecule has 130 valence electrons. The first-order valence-corrected chi connectivity index (χ1v) is 8.73. The minimum absolute atomic E-state index is 0.00508. The molecule has 0 spiro atoms. The van der Waals surface area contributed by atoms with Crippen molar-refractivity contribution in [3.05, 3.63) is 64.7 Å². The number of aryl methyl sites for hydroxylation is 1. The minimum Gasteiger partial charge on any atom is -0.338 e. The van der Waals surface area contributed by atoms with Crippen LogP contribution in [0.5, 0.6) is 0 Å². The van der Waals surface area contributed by atoms with Gasteiger partial charge in [-0.05, 0) is 48.2 Å². The highest BCUT2D eigenvalue weighted by Gasteiger charge is 2.22. The monoisotopic (exact) mass is 336 g/mol. The lowest BCUT2D eigenvalue weighted by Gasteiger charge is -2.30. The Balaban J connectivity index is 1.77. The number of nitrogens with zero attached hydrogens (tertiary/aromatic N) is 1. The fourth-order valence-electron chi connectivity index (χ4n) is 3.21. The number of anilines is 1. The summed E-state index contributed by atoms with van der Waals surface area (Å²) in [7, 11) is 0. The van der Waals surface area contributed by atoms with Gasteiger partial charge in [0.1, 0.15) is 0 Å². The van der Waals surface area contributed by atoms with E-state index in [0.717, 1.165) is 29.8 Å². The molecular formula is C21H24N2O2. The lowest BCUT2D eigenvalue weighted by molar-refractivity contribution is -0.135. The van der Waals surface area contributed by atoms with Crippen LogP contribution in [-0.4, -0.2) is 23.3 Å². The van der Waals surface area contributed by atoms with E-state index in [9.17, 15) is 9.59 Å². The quantitative estimate of drug-likeness (QED) is 0.927. The summed E-state index contributed by atoms with van der Waals surface area (Å²) in [5.74, 6) is 0.0782. The van der Waals surface area contributed by atoms with Crippen molar-refractivity contribution >= 4 is 17.5 Å². The van der Waals surface area contributed by atoms with Crippen molar-refractivity contribution in [1.29, 1.82) is 0 Å². The number of fused-ring (bicyclic) bond motifs is 1. The molecule has 25 heavy (non-hydrogen) atoms. The second-order valence-electron chi connectivity index (χ2n) is 6.92. The summed E-state index contributed by atoms with van der Waals surface area (Å²) < 4.78 is 0. The third-order valence-electron chi connectivity index (χ3n) is 4.67. The number of benzene rings is 2. The molecule has 3 rings (SSSR count). The fourth-order valence-corrected chi connectivity index (χ4v) is 3.21. The van der Waals surface area contributed by atoms with Gasteiger partial charge in [0, 0.05) is 30.3 Å². The zero-order valence-electron chi connectivity index (χ0n) is 15.0. The summed E-state index contributed by atoms with van der Waals surface area (Å²) in [6.45, 7) is 7.16. The van der Waals surface area contributed by atoms with E-state index in [4.69, 9.17) is 0 Å². The molecular weight excluding hydrogens is 312 g/mol. The first-order chi connectivity index (χ1) is 12.0. The second kappa shape index (κ2) is 7.09. The number of nitrogens with one attached hydrogen (secondary N) is 1. The van der Waals surface area contributed by atoms with E-state index in [1.54, 1.807) is 0 Å². The molecule has 1 aliphatic heterocycles. The Morgan fingerprint density at radius 1 is 1.08 bits per heavy atom. The average molecular weight is 336 g/mol. The first kappa shape index (κ1) is 17.2. The molecule has 2 aromatic carbocycles. The Hall–Kier alpha value is -2.62. The van der Waals surface area contributed by atoms with E-state index in [-0.39, 0.29) is 17.7 Å². The van der Waals surface area contributed by atoms with Crippen LogP contribution in [0.2, 0.25) is 0 Å². The lowest BCUT2D eigenvalue weighted by atomic mass is 9.98. The predicted molar refractivity (Wildman–Crippen MR) is 99.5 cm³/mol. The van der Waals surface area contributed by atoms with Gasteiger partial charge in [0.05, 0.1) is 0 Å². The Morgan fingerprint density at radius 3 is 2.56 bits per heavy atom. The van der Waals surface area contributed by atoms with Crippen molar-refractivity contribution in [1.82, 2.24) is 4.90 Å². The minimum atomic E-state index is -0.107. The first-order valence-electron chi connectivity index (χ1n) is 8.73. The zero-order valence-corrected chi connectivity index (χ0v) is 15.0. The van der Waals surface area contributed by atoms with Crippen LogP contribution in [0.15, 0.2) is 42.5 Å². The second-order valence-corrected chi connectivity index (χ2v) is 6.92. The summed E-state index contributed by atoms with van der Waals surface area (Å²) in [6.07, 6.45) is 0.861. The van der Waals surface area contributed by atoms with Gasteiger partial charge >= 0.3 is 0 Å². The predicted octanol–water partition coefficient (Wildman–Crippen LogP) is 3.79. The highest BCUT2D eigenvalue weighted by molar-refractivity contribution is 6.05. The van der Waals surface area contributed by atoms with Gasteiger partial charge in [-0.1, -0.05) is 38.1 Å². The van der Waals surface area contributed by atoms with Crippen molar-refractivity contribution in [2.45, 2.75) is 33.7 Å². The Morgan fingerprint density at radius 2 is 1.84 bits per heavy atom. The lowest BCUT2D eigenvalue weighted by Crippen LogP contribution is -2.38. The third-order valence-corrected chi connectivity index (χ3v) is 4.67. The molecule has 0 radical (unpaired) electrons. The molecule has 0 atom stereocenters. The maximum atomic E-state index is 12.5. The molecule has 1 aliphatic rings. The maximum absolute atomic E-state index is 12.5. The Bertz CT molecular complexity index is 811. The topological polar surface area (TPSA) is 49.4 Å². The number of rotatable bonds is 3. The van der Waals surface area contributed by atoms with Crippen LogP contribution in [0.25, 0.3) is 0 Å². The van der Waals surface area contributed by atoms with Crippen molar-refractivity contribution in [3.63, 3.8) is 0 Å². The molecule has 0 fully saturated rings. The van der Waals surface area contributed by atoms with Crippen LogP contribution < -0.4 is 5.32 Å². The molecule has 4 heteroatoms. The van der Waals surface area contributed by atoms with Crippen LogP contribution in [0.1, 0.15) is 40.9 Å². The molecule has 0 saturated carbocycles. The molecule has 0 saturated heterocycles.